The molecule has 1 aromatic carbocycles. The number of thioether (sulfide) groups is 1. The summed E-state index contributed by atoms with van der Waals surface area (Å²) in [5.74, 6) is 7.76. The first kappa shape index (κ1) is 21.5. The standard InChI is InChI=1S/C28H41S2/c1-2-4-20-5-7-21(8-6-20)22-9-11-23(12-10-22)26-17-24-13-14-25(18-27(24)19-26)28-29-15-3-16-30-28/h13-14,18,20-23,26H,2-12,15-17,19H2,1H3/q+1. The summed E-state index contributed by atoms with van der Waals surface area (Å²) in [5.41, 5.74) is 4.88. The van der Waals surface area contributed by atoms with Gasteiger partial charge in [0.1, 0.15) is 0 Å². The third-order valence-corrected chi connectivity index (χ3v) is 11.6. The minimum Gasteiger partial charge on any atom is -0.0654 e. The zero-order valence-corrected chi connectivity index (χ0v) is 20.7. The maximum Gasteiger partial charge on any atom is 0.265 e. The molecule has 1 heterocycles. The van der Waals surface area contributed by atoms with Crippen molar-refractivity contribution in [2.45, 2.75) is 90.4 Å². The fourth-order valence-corrected chi connectivity index (χ4v) is 9.71. The molecule has 1 unspecified atom stereocenters. The van der Waals surface area contributed by atoms with E-state index in [1.807, 2.05) is 0 Å². The molecule has 2 fully saturated rings. The van der Waals surface area contributed by atoms with Crippen LogP contribution in [0.1, 0.15) is 94.2 Å². The van der Waals surface area contributed by atoms with E-state index in [1.165, 1.54) is 87.7 Å². The van der Waals surface area contributed by atoms with Gasteiger partial charge in [-0.2, -0.15) is 0 Å². The fourth-order valence-electron chi connectivity index (χ4n) is 7.15. The molecule has 0 spiro atoms. The van der Waals surface area contributed by atoms with Crippen LogP contribution >= 0.6 is 11.8 Å². The summed E-state index contributed by atoms with van der Waals surface area (Å²) in [4.78, 5) is 0. The Bertz CT molecular complexity index is 735. The SMILES string of the molecule is CCCC1CCC(C2CCC(C3Cc4ccc(C5=[S+]CCCS5)cc4C3)CC2)CC1. The van der Waals surface area contributed by atoms with Gasteiger partial charge in [0.25, 0.3) is 4.20 Å². The van der Waals surface area contributed by atoms with E-state index in [0.29, 0.717) is 0 Å². The van der Waals surface area contributed by atoms with E-state index in [4.69, 9.17) is 0 Å². The van der Waals surface area contributed by atoms with Gasteiger partial charge in [-0.3, -0.25) is 0 Å². The zero-order chi connectivity index (χ0) is 20.3. The molecule has 1 aromatic rings. The summed E-state index contributed by atoms with van der Waals surface area (Å²) in [6.07, 6.45) is 19.3. The van der Waals surface area contributed by atoms with Gasteiger partial charge in [-0.05, 0) is 104 Å². The Labute approximate surface area is 193 Å². The van der Waals surface area contributed by atoms with Crippen molar-refractivity contribution < 1.29 is 0 Å². The van der Waals surface area contributed by atoms with Crippen molar-refractivity contribution in [1.29, 1.82) is 0 Å². The smallest absolute Gasteiger partial charge is 0.0654 e. The van der Waals surface area contributed by atoms with Gasteiger partial charge in [-0.15, -0.1) is 0 Å². The largest absolute Gasteiger partial charge is 0.265 e. The van der Waals surface area contributed by atoms with Crippen LogP contribution in [0.3, 0.4) is 0 Å². The maximum absolute atomic E-state index is 2.57. The van der Waals surface area contributed by atoms with E-state index in [9.17, 15) is 0 Å². The van der Waals surface area contributed by atoms with E-state index < -0.39 is 0 Å². The lowest BCUT2D eigenvalue weighted by Gasteiger charge is -2.39. The van der Waals surface area contributed by atoms with Crippen LogP contribution in [0, 0.1) is 29.6 Å². The summed E-state index contributed by atoms with van der Waals surface area (Å²) < 4.78 is 1.58. The Morgan fingerprint density at radius 3 is 2.17 bits per heavy atom. The van der Waals surface area contributed by atoms with Crippen molar-refractivity contribution >= 4 is 27.3 Å². The Morgan fingerprint density at radius 1 is 0.833 bits per heavy atom. The van der Waals surface area contributed by atoms with Gasteiger partial charge in [0.2, 0.25) is 0 Å². The fraction of sp³-hybridized carbons (Fsp3) is 0.750. The quantitative estimate of drug-likeness (QED) is 0.336. The minimum atomic E-state index is 0.938. The van der Waals surface area contributed by atoms with Gasteiger partial charge < -0.3 is 0 Å². The number of hydrogen-bond donors (Lipinski definition) is 0. The topological polar surface area (TPSA) is 0 Å². The molecule has 0 saturated heterocycles. The van der Waals surface area contributed by atoms with Crippen LogP contribution in [0.5, 0.6) is 0 Å². The molecule has 1 aliphatic heterocycles. The molecule has 30 heavy (non-hydrogen) atoms. The number of benzene rings is 1. The molecule has 4 aliphatic rings. The van der Waals surface area contributed by atoms with Crippen LogP contribution in [0.2, 0.25) is 0 Å². The molecular weight excluding hydrogens is 400 g/mol. The number of hydrogen-bond acceptors (Lipinski definition) is 1. The molecule has 2 saturated carbocycles. The van der Waals surface area contributed by atoms with E-state index in [2.05, 4.69) is 48.2 Å². The highest BCUT2D eigenvalue weighted by Crippen LogP contribution is 2.46. The van der Waals surface area contributed by atoms with Gasteiger partial charge in [0.15, 0.2) is 17.1 Å². The normalized spacial score (nSPS) is 34.4. The highest BCUT2D eigenvalue weighted by atomic mass is 32.2. The molecule has 0 aromatic heterocycles. The second-order valence-corrected chi connectivity index (χ2v) is 13.2. The van der Waals surface area contributed by atoms with Crippen molar-refractivity contribution in [1.82, 2.24) is 0 Å². The molecule has 2 heteroatoms. The summed E-state index contributed by atoms with van der Waals surface area (Å²) in [6, 6.07) is 7.47. The second kappa shape index (κ2) is 10.1. The molecule has 1 atom stereocenters. The minimum absolute atomic E-state index is 0.938. The lowest BCUT2D eigenvalue weighted by atomic mass is 9.67. The summed E-state index contributed by atoms with van der Waals surface area (Å²) in [5, 5.41) is 0. The van der Waals surface area contributed by atoms with Crippen molar-refractivity contribution in [3.63, 3.8) is 0 Å². The van der Waals surface area contributed by atoms with Gasteiger partial charge in [0, 0.05) is 17.7 Å². The Hall–Kier alpha value is -0.340. The van der Waals surface area contributed by atoms with Gasteiger partial charge in [0.05, 0.1) is 0 Å². The average molecular weight is 442 g/mol. The molecule has 164 valence electrons. The van der Waals surface area contributed by atoms with Gasteiger partial charge >= 0.3 is 0 Å². The van der Waals surface area contributed by atoms with Crippen molar-refractivity contribution in [3.8, 4) is 0 Å². The maximum atomic E-state index is 2.57. The lowest BCUT2D eigenvalue weighted by Crippen LogP contribution is -2.28. The Morgan fingerprint density at radius 2 is 1.50 bits per heavy atom. The molecule has 0 radical (unpaired) electrons. The van der Waals surface area contributed by atoms with Crippen LogP contribution in [-0.2, 0) is 24.2 Å². The van der Waals surface area contributed by atoms with E-state index in [1.54, 1.807) is 28.2 Å². The van der Waals surface area contributed by atoms with E-state index >= 15 is 0 Å². The molecule has 0 nitrogen and oxygen atoms in total. The Balaban J connectivity index is 1.13. The highest BCUT2D eigenvalue weighted by Gasteiger charge is 2.35. The lowest BCUT2D eigenvalue weighted by molar-refractivity contribution is 0.125. The first-order valence-corrected chi connectivity index (χ1v) is 15.0. The summed E-state index contributed by atoms with van der Waals surface area (Å²) in [6.45, 7) is 2.36. The first-order valence-electron chi connectivity index (χ1n) is 13.0. The monoisotopic (exact) mass is 441 g/mol. The van der Waals surface area contributed by atoms with Crippen LogP contribution in [0.4, 0.5) is 0 Å². The van der Waals surface area contributed by atoms with Crippen LogP contribution in [0.25, 0.3) is 0 Å². The molecular formula is C28H41S2+. The third-order valence-electron chi connectivity index (χ3n) is 8.90. The molecule has 0 bridgehead atoms. The summed E-state index contributed by atoms with van der Waals surface area (Å²) in [7, 11) is 0. The first-order chi connectivity index (χ1) is 14.8. The predicted molar refractivity (Wildman–Crippen MR) is 137 cm³/mol. The van der Waals surface area contributed by atoms with Crippen LogP contribution < -0.4 is 0 Å². The average Bonchev–Trinajstić information content (AvgIpc) is 3.24. The molecule has 0 amide bonds. The number of rotatable bonds is 5. The predicted octanol–water partition coefficient (Wildman–Crippen LogP) is 7.51. The second-order valence-electron chi connectivity index (χ2n) is 10.7. The van der Waals surface area contributed by atoms with Crippen LogP contribution in [0.15, 0.2) is 18.2 Å². The Kier molecular flexibility index (Phi) is 7.22. The summed E-state index contributed by atoms with van der Waals surface area (Å²) >= 11 is 4.17. The number of fused-ring (bicyclic) bond motifs is 1. The van der Waals surface area contributed by atoms with Crippen LogP contribution in [-0.4, -0.2) is 15.7 Å². The van der Waals surface area contributed by atoms with E-state index in [0.717, 1.165) is 29.6 Å². The molecule has 5 rings (SSSR count). The van der Waals surface area contributed by atoms with Crippen molar-refractivity contribution in [3.05, 3.63) is 34.9 Å². The van der Waals surface area contributed by atoms with Gasteiger partial charge in [-0.25, -0.2) is 0 Å². The van der Waals surface area contributed by atoms with Gasteiger partial charge in [-0.1, -0.05) is 50.4 Å². The zero-order valence-electron chi connectivity index (χ0n) is 19.0. The van der Waals surface area contributed by atoms with Crippen molar-refractivity contribution in [2.75, 3.05) is 11.5 Å². The van der Waals surface area contributed by atoms with E-state index in [-0.39, 0.29) is 0 Å². The molecule has 3 aliphatic carbocycles. The van der Waals surface area contributed by atoms with Crippen molar-refractivity contribution in [2.24, 2.45) is 29.6 Å². The third kappa shape index (κ3) is 4.85. The highest BCUT2D eigenvalue weighted by molar-refractivity contribution is 8.23. The molecule has 0 N–H and O–H groups in total.